The molecule has 1 unspecified atom stereocenters. The van der Waals surface area contributed by atoms with Gasteiger partial charge in [-0.2, -0.15) is 0 Å². The van der Waals surface area contributed by atoms with Gasteiger partial charge >= 0.3 is 0 Å². The van der Waals surface area contributed by atoms with Crippen molar-refractivity contribution in [1.82, 2.24) is 4.72 Å². The second kappa shape index (κ2) is 4.69. The van der Waals surface area contributed by atoms with E-state index in [2.05, 4.69) is 4.72 Å². The maximum Gasteiger partial charge on any atom is 0.267 e. The molecule has 1 heterocycles. The summed E-state index contributed by atoms with van der Waals surface area (Å²) in [6, 6.07) is 1.39. The average Bonchev–Trinajstić information content (AvgIpc) is 3.02. The number of amides is 1. The van der Waals surface area contributed by atoms with Gasteiger partial charge in [-0.15, -0.1) is 0 Å². The lowest BCUT2D eigenvalue weighted by Gasteiger charge is -2.19. The van der Waals surface area contributed by atoms with Crippen molar-refractivity contribution < 1.29 is 22.4 Å². The van der Waals surface area contributed by atoms with E-state index in [0.717, 1.165) is 0 Å². The van der Waals surface area contributed by atoms with Crippen LogP contribution in [0.25, 0.3) is 0 Å². The van der Waals surface area contributed by atoms with Crippen molar-refractivity contribution in [2.45, 2.75) is 38.0 Å². The number of hydrogen-bond acceptors (Lipinski definition) is 5. The van der Waals surface area contributed by atoms with Gasteiger partial charge in [-0.1, -0.05) is 0 Å². The molecule has 2 bridgehead atoms. The second-order valence-corrected chi connectivity index (χ2v) is 7.62. The molecular weight excluding hydrogens is 294 g/mol. The predicted octanol–water partition coefficient (Wildman–Crippen LogP) is 1.32. The quantitative estimate of drug-likeness (QED) is 0.908. The van der Waals surface area contributed by atoms with Crippen LogP contribution >= 0.6 is 0 Å². The number of carbonyl (C=O) groups excluding carboxylic acids is 2. The van der Waals surface area contributed by atoms with Gasteiger partial charge in [-0.25, -0.2) is 13.1 Å². The Kier molecular flexibility index (Phi) is 3.20. The van der Waals surface area contributed by atoms with Crippen molar-refractivity contribution in [1.29, 1.82) is 0 Å². The molecule has 21 heavy (non-hydrogen) atoms. The third-order valence-corrected chi connectivity index (χ3v) is 5.87. The summed E-state index contributed by atoms with van der Waals surface area (Å²) in [6.07, 6.45) is 1.84. The number of rotatable bonds is 3. The third-order valence-electron chi connectivity index (χ3n) is 4.42. The normalized spacial score (nSPS) is 28.1. The van der Waals surface area contributed by atoms with Crippen LogP contribution in [0.15, 0.2) is 15.4 Å². The first-order chi connectivity index (χ1) is 9.78. The van der Waals surface area contributed by atoms with Crippen LogP contribution in [-0.2, 0) is 19.6 Å². The Balaban J connectivity index is 1.79. The number of hydrogen-bond donors (Lipinski definition) is 1. The third kappa shape index (κ3) is 2.39. The maximum atomic E-state index is 12.2. The molecule has 3 atom stereocenters. The lowest BCUT2D eigenvalue weighted by atomic mass is 9.87. The second-order valence-electron chi connectivity index (χ2n) is 5.97. The van der Waals surface area contributed by atoms with Crippen LogP contribution in [0, 0.1) is 31.6 Å². The Morgan fingerprint density at radius 3 is 2.57 bits per heavy atom. The number of carbonyl (C=O) groups is 2. The zero-order valence-electron chi connectivity index (χ0n) is 11.9. The van der Waals surface area contributed by atoms with Gasteiger partial charge in [-0.3, -0.25) is 9.59 Å². The van der Waals surface area contributed by atoms with E-state index < -0.39 is 21.8 Å². The molecule has 0 radical (unpaired) electrons. The summed E-state index contributed by atoms with van der Waals surface area (Å²) >= 11 is 0. The molecule has 1 N–H and O–H groups in total. The van der Waals surface area contributed by atoms with E-state index in [0.29, 0.717) is 25.0 Å². The molecule has 2 fully saturated rings. The highest BCUT2D eigenvalue weighted by Crippen LogP contribution is 2.46. The highest BCUT2D eigenvalue weighted by atomic mass is 32.2. The molecule has 0 aliphatic heterocycles. The van der Waals surface area contributed by atoms with Crippen LogP contribution in [0.5, 0.6) is 0 Å². The predicted molar refractivity (Wildman–Crippen MR) is 72.8 cm³/mol. The van der Waals surface area contributed by atoms with Gasteiger partial charge in [0.2, 0.25) is 5.91 Å². The number of aryl methyl sites for hydroxylation is 2. The number of Topliss-reactive ketones (excluding diaryl/α,β-unsaturated/α-hetero) is 1. The number of fused-ring (bicyclic) bond motifs is 2. The molecule has 2 aliphatic carbocycles. The van der Waals surface area contributed by atoms with Crippen LogP contribution < -0.4 is 4.72 Å². The molecule has 6 nitrogen and oxygen atoms in total. The number of nitrogens with one attached hydrogen (secondary N) is 1. The van der Waals surface area contributed by atoms with Crippen LogP contribution in [0.2, 0.25) is 0 Å². The SMILES string of the molecule is Cc1cc(S(=O)(=O)NC(=O)C2C[C@H]3CC(=O)[C@@H]2C3)c(C)o1. The van der Waals surface area contributed by atoms with Gasteiger partial charge in [0.05, 0.1) is 0 Å². The molecule has 2 saturated carbocycles. The van der Waals surface area contributed by atoms with E-state index in [1.165, 1.54) is 13.0 Å². The van der Waals surface area contributed by atoms with E-state index in [4.69, 9.17) is 4.42 Å². The summed E-state index contributed by atoms with van der Waals surface area (Å²) in [5.41, 5.74) is 0. The first-order valence-electron chi connectivity index (χ1n) is 6.94. The minimum Gasteiger partial charge on any atom is -0.465 e. The maximum absolute atomic E-state index is 12.2. The van der Waals surface area contributed by atoms with Crippen molar-refractivity contribution in [3.63, 3.8) is 0 Å². The monoisotopic (exact) mass is 311 g/mol. The van der Waals surface area contributed by atoms with E-state index in [1.807, 2.05) is 0 Å². The molecule has 3 rings (SSSR count). The highest BCUT2D eigenvalue weighted by molar-refractivity contribution is 7.90. The van der Waals surface area contributed by atoms with Crippen LogP contribution in [-0.4, -0.2) is 20.1 Å². The molecule has 0 spiro atoms. The van der Waals surface area contributed by atoms with Crippen molar-refractivity contribution in [3.8, 4) is 0 Å². The van der Waals surface area contributed by atoms with Crippen molar-refractivity contribution in [2.75, 3.05) is 0 Å². The van der Waals surface area contributed by atoms with Crippen LogP contribution in [0.3, 0.4) is 0 Å². The average molecular weight is 311 g/mol. The van der Waals surface area contributed by atoms with E-state index in [-0.39, 0.29) is 28.3 Å². The highest BCUT2D eigenvalue weighted by Gasteiger charge is 2.49. The van der Waals surface area contributed by atoms with Crippen molar-refractivity contribution in [3.05, 3.63) is 17.6 Å². The zero-order valence-corrected chi connectivity index (χ0v) is 12.7. The lowest BCUT2D eigenvalue weighted by Crippen LogP contribution is -2.39. The summed E-state index contributed by atoms with van der Waals surface area (Å²) in [7, 11) is -3.95. The largest absolute Gasteiger partial charge is 0.465 e. The Morgan fingerprint density at radius 2 is 2.05 bits per heavy atom. The van der Waals surface area contributed by atoms with Crippen molar-refractivity contribution >= 4 is 21.7 Å². The van der Waals surface area contributed by atoms with Gasteiger partial charge in [0.25, 0.3) is 10.0 Å². The zero-order chi connectivity index (χ0) is 15.4. The molecule has 114 valence electrons. The fourth-order valence-corrected chi connectivity index (χ4v) is 4.80. The minimum atomic E-state index is -3.95. The Bertz CT molecular complexity index is 718. The summed E-state index contributed by atoms with van der Waals surface area (Å²) < 4.78 is 31.8. The van der Waals surface area contributed by atoms with Gasteiger partial charge in [-0.05, 0) is 32.6 Å². The number of ketones is 1. The van der Waals surface area contributed by atoms with Crippen LogP contribution in [0.4, 0.5) is 0 Å². The summed E-state index contributed by atoms with van der Waals surface area (Å²) in [5, 5.41) is 0. The van der Waals surface area contributed by atoms with Gasteiger partial charge < -0.3 is 4.42 Å². The number of sulfonamides is 1. The van der Waals surface area contributed by atoms with Gasteiger partial charge in [0, 0.05) is 24.3 Å². The Morgan fingerprint density at radius 1 is 1.33 bits per heavy atom. The molecule has 1 aromatic heterocycles. The summed E-state index contributed by atoms with van der Waals surface area (Å²) in [6.45, 7) is 3.18. The topological polar surface area (TPSA) is 93.5 Å². The Labute approximate surface area is 122 Å². The number of furan rings is 1. The first-order valence-corrected chi connectivity index (χ1v) is 8.42. The van der Waals surface area contributed by atoms with Crippen molar-refractivity contribution in [2.24, 2.45) is 17.8 Å². The summed E-state index contributed by atoms with van der Waals surface area (Å²) in [5.74, 6) is -0.365. The molecule has 1 amide bonds. The summed E-state index contributed by atoms with van der Waals surface area (Å²) in [4.78, 5) is 23.9. The van der Waals surface area contributed by atoms with E-state index in [1.54, 1.807) is 6.92 Å². The smallest absolute Gasteiger partial charge is 0.267 e. The molecule has 1 aromatic rings. The Hall–Kier alpha value is -1.63. The molecular formula is C14H17NO5S. The van der Waals surface area contributed by atoms with Gasteiger partial charge in [0.1, 0.15) is 22.2 Å². The van der Waals surface area contributed by atoms with E-state index in [9.17, 15) is 18.0 Å². The molecule has 7 heteroatoms. The van der Waals surface area contributed by atoms with Crippen LogP contribution in [0.1, 0.15) is 30.8 Å². The fraction of sp³-hybridized carbons (Fsp3) is 0.571. The lowest BCUT2D eigenvalue weighted by molar-refractivity contribution is -0.132. The molecule has 0 aromatic carbocycles. The first kappa shape index (κ1) is 14.3. The molecule has 0 saturated heterocycles. The van der Waals surface area contributed by atoms with Gasteiger partial charge in [0.15, 0.2) is 0 Å². The molecule has 2 aliphatic rings. The van der Waals surface area contributed by atoms with E-state index >= 15 is 0 Å². The standard InChI is InChI=1S/C14H17NO5S/c1-7-3-13(8(2)20-7)21(18,19)15-14(17)11-5-9-4-10(11)12(16)6-9/h3,9-11H,4-6H2,1-2H3,(H,15,17)/t9-,10+,11?/m0/s1. The minimum absolute atomic E-state index is 0.0252. The fourth-order valence-electron chi connectivity index (χ4n) is 3.53.